The zero-order valence-electron chi connectivity index (χ0n) is 8.29. The van der Waals surface area contributed by atoms with Crippen molar-refractivity contribution in [2.45, 2.75) is 32.6 Å². The Kier molecular flexibility index (Phi) is 4.22. The number of rotatable bonds is 5. The minimum absolute atomic E-state index is 0.0509. The molecule has 0 spiro atoms. The molecule has 3 nitrogen and oxygen atoms in total. The Bertz CT molecular complexity index is 168. The van der Waals surface area contributed by atoms with Gasteiger partial charge in [-0.2, -0.15) is 0 Å². The van der Waals surface area contributed by atoms with E-state index in [9.17, 15) is 4.79 Å². The van der Waals surface area contributed by atoms with E-state index in [4.69, 9.17) is 10.5 Å². The van der Waals surface area contributed by atoms with E-state index in [2.05, 4.69) is 0 Å². The maximum Gasteiger partial charge on any atom is 0.306 e. The fourth-order valence-corrected chi connectivity index (χ4v) is 1.71. The van der Waals surface area contributed by atoms with E-state index in [1.807, 2.05) is 6.92 Å². The standard InChI is InChI=1S/C10H19NO2/c1-2-5-13-10(12)6-8-3-4-9(8)7-11/h8-9H,2-7,11H2,1H3. The highest BCUT2D eigenvalue weighted by molar-refractivity contribution is 5.69. The smallest absolute Gasteiger partial charge is 0.306 e. The Morgan fingerprint density at radius 2 is 2.15 bits per heavy atom. The van der Waals surface area contributed by atoms with Gasteiger partial charge in [-0.1, -0.05) is 6.92 Å². The van der Waals surface area contributed by atoms with Gasteiger partial charge in [0.05, 0.1) is 6.61 Å². The molecule has 0 aromatic rings. The normalized spacial score (nSPS) is 26.6. The number of carbonyl (C=O) groups is 1. The topological polar surface area (TPSA) is 52.3 Å². The van der Waals surface area contributed by atoms with E-state index in [1.54, 1.807) is 0 Å². The van der Waals surface area contributed by atoms with E-state index >= 15 is 0 Å². The molecule has 0 radical (unpaired) electrons. The molecule has 0 bridgehead atoms. The summed E-state index contributed by atoms with van der Waals surface area (Å²) in [5, 5.41) is 0. The highest BCUT2D eigenvalue weighted by atomic mass is 16.5. The van der Waals surface area contributed by atoms with Crippen LogP contribution in [0, 0.1) is 11.8 Å². The second-order valence-electron chi connectivity index (χ2n) is 3.76. The molecule has 1 rings (SSSR count). The van der Waals surface area contributed by atoms with Crippen molar-refractivity contribution >= 4 is 5.97 Å². The maximum atomic E-state index is 11.2. The van der Waals surface area contributed by atoms with Crippen LogP contribution >= 0.6 is 0 Å². The summed E-state index contributed by atoms with van der Waals surface area (Å²) >= 11 is 0. The van der Waals surface area contributed by atoms with Crippen molar-refractivity contribution in [3.05, 3.63) is 0 Å². The third-order valence-electron chi connectivity index (χ3n) is 2.77. The van der Waals surface area contributed by atoms with Gasteiger partial charge in [0.2, 0.25) is 0 Å². The van der Waals surface area contributed by atoms with E-state index in [-0.39, 0.29) is 5.97 Å². The maximum absolute atomic E-state index is 11.2. The van der Waals surface area contributed by atoms with Crippen molar-refractivity contribution in [3.63, 3.8) is 0 Å². The van der Waals surface area contributed by atoms with Crippen molar-refractivity contribution in [3.8, 4) is 0 Å². The number of esters is 1. The predicted molar refractivity (Wildman–Crippen MR) is 51.1 cm³/mol. The fourth-order valence-electron chi connectivity index (χ4n) is 1.71. The lowest BCUT2D eigenvalue weighted by molar-refractivity contribution is -0.146. The molecule has 1 fully saturated rings. The monoisotopic (exact) mass is 185 g/mol. The quantitative estimate of drug-likeness (QED) is 0.657. The van der Waals surface area contributed by atoms with Gasteiger partial charge in [0.15, 0.2) is 0 Å². The zero-order valence-corrected chi connectivity index (χ0v) is 8.29. The summed E-state index contributed by atoms with van der Waals surface area (Å²) in [6.07, 6.45) is 3.80. The molecule has 76 valence electrons. The van der Waals surface area contributed by atoms with Crippen LogP contribution in [0.4, 0.5) is 0 Å². The molecule has 1 aliphatic rings. The summed E-state index contributed by atoms with van der Waals surface area (Å²) in [4.78, 5) is 11.2. The van der Waals surface area contributed by atoms with E-state index in [0.717, 1.165) is 12.8 Å². The average Bonchev–Trinajstić information content (AvgIpc) is 2.10. The van der Waals surface area contributed by atoms with Crippen LogP contribution in [0.1, 0.15) is 32.6 Å². The van der Waals surface area contributed by atoms with Gasteiger partial charge in [0, 0.05) is 6.42 Å². The van der Waals surface area contributed by atoms with Crippen molar-refractivity contribution in [2.75, 3.05) is 13.2 Å². The van der Waals surface area contributed by atoms with Gasteiger partial charge >= 0.3 is 5.97 Å². The fraction of sp³-hybridized carbons (Fsp3) is 0.900. The lowest BCUT2D eigenvalue weighted by atomic mass is 9.72. The summed E-state index contributed by atoms with van der Waals surface area (Å²) in [7, 11) is 0. The Labute approximate surface area is 79.6 Å². The van der Waals surface area contributed by atoms with Gasteiger partial charge < -0.3 is 10.5 Å². The Morgan fingerprint density at radius 1 is 1.46 bits per heavy atom. The summed E-state index contributed by atoms with van der Waals surface area (Å²) in [5.74, 6) is 1.01. The Hall–Kier alpha value is -0.570. The molecule has 0 aromatic carbocycles. The molecule has 2 unspecified atom stereocenters. The van der Waals surface area contributed by atoms with Gasteiger partial charge in [0.1, 0.15) is 0 Å². The number of hydrogen-bond donors (Lipinski definition) is 1. The molecule has 2 N–H and O–H groups in total. The van der Waals surface area contributed by atoms with Crippen molar-refractivity contribution in [1.29, 1.82) is 0 Å². The Balaban J connectivity index is 2.13. The first-order valence-electron chi connectivity index (χ1n) is 5.13. The molecule has 1 saturated carbocycles. The van der Waals surface area contributed by atoms with Crippen molar-refractivity contribution in [2.24, 2.45) is 17.6 Å². The SMILES string of the molecule is CCCOC(=O)CC1CCC1CN. The van der Waals surface area contributed by atoms with Gasteiger partial charge in [-0.25, -0.2) is 0 Å². The molecule has 2 atom stereocenters. The molecular weight excluding hydrogens is 166 g/mol. The van der Waals surface area contributed by atoms with Crippen LogP contribution in [-0.2, 0) is 9.53 Å². The van der Waals surface area contributed by atoms with Crippen LogP contribution in [0.3, 0.4) is 0 Å². The summed E-state index contributed by atoms with van der Waals surface area (Å²) < 4.78 is 5.01. The largest absolute Gasteiger partial charge is 0.466 e. The first-order valence-corrected chi connectivity index (χ1v) is 5.13. The summed E-state index contributed by atoms with van der Waals surface area (Å²) in [5.41, 5.74) is 5.55. The molecule has 0 aromatic heterocycles. The first kappa shape index (κ1) is 10.5. The first-order chi connectivity index (χ1) is 6.27. The van der Waals surface area contributed by atoms with E-state index in [1.165, 1.54) is 6.42 Å². The summed E-state index contributed by atoms with van der Waals surface area (Å²) in [6, 6.07) is 0. The van der Waals surface area contributed by atoms with Crippen LogP contribution in [0.25, 0.3) is 0 Å². The van der Waals surface area contributed by atoms with Crippen LogP contribution < -0.4 is 5.73 Å². The molecule has 1 aliphatic carbocycles. The summed E-state index contributed by atoms with van der Waals surface area (Å²) in [6.45, 7) is 3.27. The minimum atomic E-state index is -0.0509. The lowest BCUT2D eigenvalue weighted by Crippen LogP contribution is -2.34. The second-order valence-corrected chi connectivity index (χ2v) is 3.76. The molecule has 3 heteroatoms. The third-order valence-corrected chi connectivity index (χ3v) is 2.77. The number of carbonyl (C=O) groups excluding carboxylic acids is 1. The van der Waals surface area contributed by atoms with Crippen LogP contribution in [0.2, 0.25) is 0 Å². The van der Waals surface area contributed by atoms with Gasteiger partial charge in [-0.05, 0) is 37.6 Å². The van der Waals surface area contributed by atoms with Gasteiger partial charge in [-0.15, -0.1) is 0 Å². The van der Waals surface area contributed by atoms with Crippen molar-refractivity contribution < 1.29 is 9.53 Å². The molecule has 13 heavy (non-hydrogen) atoms. The number of ether oxygens (including phenoxy) is 1. The third kappa shape index (κ3) is 2.99. The Morgan fingerprint density at radius 3 is 2.62 bits per heavy atom. The molecule has 0 aliphatic heterocycles. The second kappa shape index (κ2) is 5.22. The van der Waals surface area contributed by atoms with E-state index < -0.39 is 0 Å². The van der Waals surface area contributed by atoms with Crippen LogP contribution in [0.5, 0.6) is 0 Å². The molecule has 0 amide bonds. The van der Waals surface area contributed by atoms with Gasteiger partial charge in [0.25, 0.3) is 0 Å². The van der Waals surface area contributed by atoms with Gasteiger partial charge in [-0.3, -0.25) is 4.79 Å². The zero-order chi connectivity index (χ0) is 9.68. The highest BCUT2D eigenvalue weighted by Gasteiger charge is 2.31. The van der Waals surface area contributed by atoms with Crippen LogP contribution in [-0.4, -0.2) is 19.1 Å². The van der Waals surface area contributed by atoms with E-state index in [0.29, 0.717) is 31.4 Å². The van der Waals surface area contributed by atoms with Crippen molar-refractivity contribution in [1.82, 2.24) is 0 Å². The van der Waals surface area contributed by atoms with Crippen LogP contribution in [0.15, 0.2) is 0 Å². The highest BCUT2D eigenvalue weighted by Crippen LogP contribution is 2.35. The number of hydrogen-bond acceptors (Lipinski definition) is 3. The molecular formula is C10H19NO2. The average molecular weight is 185 g/mol. The molecule has 0 saturated heterocycles. The lowest BCUT2D eigenvalue weighted by Gasteiger charge is -2.34. The predicted octanol–water partition coefficient (Wildman–Crippen LogP) is 1.31. The molecule has 0 heterocycles. The number of nitrogens with two attached hydrogens (primary N) is 1. The minimum Gasteiger partial charge on any atom is -0.466 e.